The Morgan fingerprint density at radius 1 is 1.58 bits per heavy atom. The van der Waals surface area contributed by atoms with Crippen LogP contribution >= 0.6 is 0 Å². The average Bonchev–Trinajstić information content (AvgIpc) is 2.73. The Labute approximate surface area is 109 Å². The molecule has 0 aromatic carbocycles. The number of aromatic hydroxyl groups is 1. The number of carbonyl (C=O) groups is 2. The van der Waals surface area contributed by atoms with E-state index in [0.29, 0.717) is 0 Å². The zero-order chi connectivity index (χ0) is 14.0. The molecule has 1 amide bonds. The second-order valence-electron chi connectivity index (χ2n) is 4.63. The molecule has 2 atom stereocenters. The maximum atomic E-state index is 11.9. The van der Waals surface area contributed by atoms with E-state index in [1.165, 1.54) is 25.3 Å². The highest BCUT2D eigenvalue weighted by atomic mass is 16.5. The Kier molecular flexibility index (Phi) is 3.39. The highest BCUT2D eigenvalue weighted by Gasteiger charge is 2.47. The zero-order valence-electron chi connectivity index (χ0n) is 10.3. The van der Waals surface area contributed by atoms with Crippen molar-refractivity contribution in [1.82, 2.24) is 10.3 Å². The number of aliphatic carboxylic acids is 1. The summed E-state index contributed by atoms with van der Waals surface area (Å²) in [5.41, 5.74) is -1.32. The highest BCUT2D eigenvalue weighted by Crippen LogP contribution is 2.29. The van der Waals surface area contributed by atoms with E-state index in [0.717, 1.165) is 0 Å². The van der Waals surface area contributed by atoms with Crippen molar-refractivity contribution < 1.29 is 24.5 Å². The van der Waals surface area contributed by atoms with Crippen molar-refractivity contribution in [3.8, 4) is 5.75 Å². The molecule has 1 saturated heterocycles. The number of amides is 1. The minimum absolute atomic E-state index is 0.0292. The number of hydrogen-bond acceptors (Lipinski definition) is 5. The van der Waals surface area contributed by atoms with Crippen molar-refractivity contribution in [2.24, 2.45) is 5.41 Å². The molecule has 1 fully saturated rings. The third kappa shape index (κ3) is 2.37. The molecular formula is C12H14N2O5. The van der Waals surface area contributed by atoms with Gasteiger partial charge in [-0.3, -0.25) is 9.59 Å². The molecule has 0 bridgehead atoms. The van der Waals surface area contributed by atoms with Gasteiger partial charge in [0.1, 0.15) is 11.2 Å². The summed E-state index contributed by atoms with van der Waals surface area (Å²) in [6.07, 6.45) is 1.37. The van der Waals surface area contributed by atoms with Gasteiger partial charge < -0.3 is 20.3 Å². The summed E-state index contributed by atoms with van der Waals surface area (Å²) in [6, 6.07) is 2.16. The van der Waals surface area contributed by atoms with Crippen molar-refractivity contribution in [2.45, 2.75) is 13.0 Å². The number of hydrogen-bond donors (Lipinski definition) is 3. The van der Waals surface area contributed by atoms with Crippen LogP contribution in [0.1, 0.15) is 17.4 Å². The third-order valence-corrected chi connectivity index (χ3v) is 3.25. The molecule has 3 N–H and O–H groups in total. The largest absolute Gasteiger partial charge is 0.505 e. The fourth-order valence-corrected chi connectivity index (χ4v) is 1.88. The molecule has 1 aliphatic heterocycles. The molecule has 2 rings (SSSR count). The molecule has 0 spiro atoms. The smallest absolute Gasteiger partial charge is 0.313 e. The Balaban J connectivity index is 2.16. The maximum absolute atomic E-state index is 11.9. The minimum atomic E-state index is -1.18. The van der Waals surface area contributed by atoms with Gasteiger partial charge in [0, 0.05) is 6.20 Å². The maximum Gasteiger partial charge on any atom is 0.313 e. The monoisotopic (exact) mass is 266 g/mol. The Morgan fingerprint density at radius 2 is 2.32 bits per heavy atom. The van der Waals surface area contributed by atoms with E-state index in [2.05, 4.69) is 10.3 Å². The molecular weight excluding hydrogens is 252 g/mol. The topological polar surface area (TPSA) is 109 Å². The second kappa shape index (κ2) is 4.85. The number of nitrogens with one attached hydrogen (secondary N) is 1. The molecule has 1 aliphatic rings. The number of carbonyl (C=O) groups excluding carboxylic acids is 1. The van der Waals surface area contributed by atoms with Gasteiger partial charge in [-0.1, -0.05) is 0 Å². The van der Waals surface area contributed by atoms with Crippen LogP contribution in [0.5, 0.6) is 5.75 Å². The van der Waals surface area contributed by atoms with E-state index >= 15 is 0 Å². The molecule has 2 heterocycles. The minimum Gasteiger partial charge on any atom is -0.505 e. The summed E-state index contributed by atoms with van der Waals surface area (Å²) in [7, 11) is 0. The fraction of sp³-hybridized carbons (Fsp3) is 0.417. The van der Waals surface area contributed by atoms with Gasteiger partial charge in [0.2, 0.25) is 0 Å². The first-order valence-electron chi connectivity index (χ1n) is 5.71. The molecule has 1 aromatic heterocycles. The summed E-state index contributed by atoms with van der Waals surface area (Å²) in [5, 5.41) is 21.2. The molecule has 102 valence electrons. The molecule has 7 nitrogen and oxygen atoms in total. The van der Waals surface area contributed by atoms with Gasteiger partial charge in [0.15, 0.2) is 5.69 Å². The normalized spacial score (nSPS) is 26.1. The average molecular weight is 266 g/mol. The summed E-state index contributed by atoms with van der Waals surface area (Å²) >= 11 is 0. The first kappa shape index (κ1) is 13.3. The molecule has 19 heavy (non-hydrogen) atoms. The van der Waals surface area contributed by atoms with Gasteiger partial charge >= 0.3 is 5.97 Å². The van der Waals surface area contributed by atoms with Crippen LogP contribution in [0.4, 0.5) is 0 Å². The standard InChI is InChI=1S/C12H14N2O5/c1-12(11(17)18)6-19-5-8(12)14-10(16)9-7(15)3-2-4-13-9/h2-4,8,15H,5-6H2,1H3,(H,14,16)(H,17,18). The van der Waals surface area contributed by atoms with Crippen molar-refractivity contribution in [3.05, 3.63) is 24.0 Å². The van der Waals surface area contributed by atoms with E-state index in [9.17, 15) is 19.8 Å². The van der Waals surface area contributed by atoms with E-state index in [1.54, 1.807) is 0 Å². The van der Waals surface area contributed by atoms with Gasteiger partial charge in [-0.25, -0.2) is 4.98 Å². The summed E-state index contributed by atoms with van der Waals surface area (Å²) in [4.78, 5) is 26.9. The van der Waals surface area contributed by atoms with Gasteiger partial charge in [0.25, 0.3) is 5.91 Å². The number of pyridine rings is 1. The number of rotatable bonds is 3. The Hall–Kier alpha value is -2.15. The zero-order valence-corrected chi connectivity index (χ0v) is 10.3. The SMILES string of the molecule is CC1(C(=O)O)COCC1NC(=O)c1ncccc1O. The summed E-state index contributed by atoms with van der Waals surface area (Å²) < 4.78 is 5.12. The third-order valence-electron chi connectivity index (χ3n) is 3.25. The fourth-order valence-electron chi connectivity index (χ4n) is 1.88. The number of nitrogens with zero attached hydrogens (tertiary/aromatic N) is 1. The van der Waals surface area contributed by atoms with Crippen LogP contribution in [-0.2, 0) is 9.53 Å². The number of carboxylic acids is 1. The van der Waals surface area contributed by atoms with Crippen LogP contribution in [0.2, 0.25) is 0 Å². The van der Waals surface area contributed by atoms with Crippen LogP contribution in [0.3, 0.4) is 0 Å². The van der Waals surface area contributed by atoms with E-state index in [4.69, 9.17) is 4.74 Å². The predicted octanol–water partition coefficient (Wildman–Crippen LogP) is 0.00670. The first-order valence-corrected chi connectivity index (χ1v) is 5.71. The van der Waals surface area contributed by atoms with Crippen LogP contribution in [-0.4, -0.2) is 46.3 Å². The van der Waals surface area contributed by atoms with Crippen molar-refractivity contribution in [2.75, 3.05) is 13.2 Å². The number of ether oxygens (including phenoxy) is 1. The van der Waals surface area contributed by atoms with E-state index in [1.807, 2.05) is 0 Å². The quantitative estimate of drug-likeness (QED) is 0.711. The number of aromatic nitrogens is 1. The molecule has 0 aliphatic carbocycles. The Morgan fingerprint density at radius 3 is 2.95 bits per heavy atom. The van der Waals surface area contributed by atoms with Gasteiger partial charge in [-0.2, -0.15) is 0 Å². The lowest BCUT2D eigenvalue weighted by Crippen LogP contribution is -2.49. The molecule has 0 saturated carbocycles. The summed E-state index contributed by atoms with van der Waals surface area (Å²) in [6.45, 7) is 1.65. The van der Waals surface area contributed by atoms with Gasteiger partial charge in [0.05, 0.1) is 19.3 Å². The van der Waals surface area contributed by atoms with Crippen LogP contribution in [0.25, 0.3) is 0 Å². The van der Waals surface area contributed by atoms with E-state index in [-0.39, 0.29) is 24.7 Å². The predicted molar refractivity (Wildman–Crippen MR) is 63.7 cm³/mol. The van der Waals surface area contributed by atoms with Crippen LogP contribution in [0, 0.1) is 5.41 Å². The van der Waals surface area contributed by atoms with Crippen molar-refractivity contribution >= 4 is 11.9 Å². The van der Waals surface area contributed by atoms with Crippen molar-refractivity contribution in [3.63, 3.8) is 0 Å². The van der Waals surface area contributed by atoms with E-state index < -0.39 is 23.3 Å². The molecule has 0 radical (unpaired) electrons. The summed E-state index contributed by atoms with van der Waals surface area (Å²) in [5.74, 6) is -1.92. The van der Waals surface area contributed by atoms with Gasteiger partial charge in [-0.15, -0.1) is 0 Å². The number of carboxylic acid groups (broad SMARTS) is 1. The lowest BCUT2D eigenvalue weighted by Gasteiger charge is -2.25. The molecule has 2 unspecified atom stereocenters. The van der Waals surface area contributed by atoms with Crippen LogP contribution in [0.15, 0.2) is 18.3 Å². The highest BCUT2D eigenvalue weighted by molar-refractivity contribution is 5.95. The van der Waals surface area contributed by atoms with Gasteiger partial charge in [-0.05, 0) is 19.1 Å². The first-order chi connectivity index (χ1) is 8.95. The van der Waals surface area contributed by atoms with Crippen LogP contribution < -0.4 is 5.32 Å². The molecule has 7 heteroatoms. The molecule has 1 aromatic rings. The lowest BCUT2D eigenvalue weighted by molar-refractivity contribution is -0.148. The Bertz CT molecular complexity index is 519. The lowest BCUT2D eigenvalue weighted by atomic mass is 9.85. The second-order valence-corrected chi connectivity index (χ2v) is 4.63. The van der Waals surface area contributed by atoms with Crippen molar-refractivity contribution in [1.29, 1.82) is 0 Å².